The van der Waals surface area contributed by atoms with Crippen LogP contribution >= 0.6 is 0 Å². The average Bonchev–Trinajstić information content (AvgIpc) is 2.15. The van der Waals surface area contributed by atoms with Gasteiger partial charge in [0.25, 0.3) is 0 Å². The summed E-state index contributed by atoms with van der Waals surface area (Å²) in [6, 6.07) is 0. The topological polar surface area (TPSA) is 9.23 Å². The Morgan fingerprint density at radius 3 is 2.64 bits per heavy atom. The molecule has 0 saturated heterocycles. The molecule has 0 fully saturated rings. The van der Waals surface area contributed by atoms with E-state index in [1.165, 1.54) is 18.4 Å². The Hall–Kier alpha value is -0.980. The van der Waals surface area contributed by atoms with Crippen LogP contribution in [0.15, 0.2) is 36.1 Å². The third-order valence-electron chi connectivity index (χ3n) is 1.73. The lowest BCUT2D eigenvalue weighted by Crippen LogP contribution is -1.81. The van der Waals surface area contributed by atoms with Crippen LogP contribution in [0, 0.1) is 0 Å². The summed E-state index contributed by atoms with van der Waals surface area (Å²) < 4.78 is 5.24. The van der Waals surface area contributed by atoms with E-state index in [1.54, 1.807) is 6.26 Å². The second-order valence-corrected chi connectivity index (χ2v) is 3.51. The van der Waals surface area contributed by atoms with Crippen LogP contribution in [0.1, 0.15) is 40.0 Å². The van der Waals surface area contributed by atoms with E-state index in [0.717, 1.165) is 6.42 Å². The number of ether oxygens (including phenoxy) is 1. The molecule has 0 bridgehead atoms. The fraction of sp³-hybridized carbons (Fsp3) is 0.538. The van der Waals surface area contributed by atoms with Gasteiger partial charge in [-0.3, -0.25) is 0 Å². The van der Waals surface area contributed by atoms with E-state index in [4.69, 9.17) is 4.74 Å². The van der Waals surface area contributed by atoms with Gasteiger partial charge in [0.15, 0.2) is 0 Å². The van der Waals surface area contributed by atoms with Crippen molar-refractivity contribution in [2.45, 2.75) is 40.0 Å². The van der Waals surface area contributed by atoms with Crippen molar-refractivity contribution >= 4 is 0 Å². The van der Waals surface area contributed by atoms with Crippen LogP contribution in [0.4, 0.5) is 0 Å². The van der Waals surface area contributed by atoms with E-state index in [9.17, 15) is 0 Å². The number of allylic oxidation sites excluding steroid dienone is 4. The molecule has 0 rings (SSSR count). The summed E-state index contributed by atoms with van der Waals surface area (Å²) >= 11 is 0. The lowest BCUT2D eigenvalue weighted by atomic mass is 10.2. The normalized spacial score (nSPS) is 11.1. The molecule has 1 heteroatoms. The molecule has 80 valence electrons. The molecule has 0 saturated carbocycles. The Kier molecular flexibility index (Phi) is 9.40. The second-order valence-electron chi connectivity index (χ2n) is 3.51. The first-order valence-electron chi connectivity index (χ1n) is 5.34. The predicted molar refractivity (Wildman–Crippen MR) is 63.2 cm³/mol. The van der Waals surface area contributed by atoms with Gasteiger partial charge in [-0.25, -0.2) is 0 Å². The molecule has 0 radical (unpaired) electrons. The van der Waals surface area contributed by atoms with Gasteiger partial charge in [0.05, 0.1) is 6.26 Å². The smallest absolute Gasteiger partial charge is 0.106 e. The van der Waals surface area contributed by atoms with Crippen LogP contribution < -0.4 is 0 Å². The van der Waals surface area contributed by atoms with Crippen molar-refractivity contribution in [1.29, 1.82) is 0 Å². The van der Waals surface area contributed by atoms with Gasteiger partial charge < -0.3 is 4.74 Å². The monoisotopic (exact) mass is 194 g/mol. The summed E-state index contributed by atoms with van der Waals surface area (Å²) in [4.78, 5) is 0. The maximum Gasteiger partial charge on any atom is 0.106 e. The van der Waals surface area contributed by atoms with Crippen molar-refractivity contribution in [3.05, 3.63) is 36.1 Å². The van der Waals surface area contributed by atoms with Crippen LogP contribution in [0.5, 0.6) is 0 Å². The molecule has 0 aliphatic rings. The molecular weight excluding hydrogens is 172 g/mol. The maximum absolute atomic E-state index is 5.24. The van der Waals surface area contributed by atoms with Crippen molar-refractivity contribution in [1.82, 2.24) is 0 Å². The summed E-state index contributed by atoms with van der Waals surface area (Å²) in [7, 11) is 0. The number of rotatable bonds is 7. The molecule has 1 nitrogen and oxygen atoms in total. The Labute approximate surface area is 88.2 Å². The van der Waals surface area contributed by atoms with Crippen molar-refractivity contribution in [2.24, 2.45) is 0 Å². The molecule has 0 aromatic rings. The molecule has 0 amide bonds. The molecule has 0 spiro atoms. The van der Waals surface area contributed by atoms with E-state index in [-0.39, 0.29) is 0 Å². The maximum atomic E-state index is 5.24. The molecule has 0 aromatic heterocycles. The van der Waals surface area contributed by atoms with Gasteiger partial charge in [0, 0.05) is 0 Å². The van der Waals surface area contributed by atoms with E-state index in [2.05, 4.69) is 32.9 Å². The first-order chi connectivity index (χ1) is 6.77. The summed E-state index contributed by atoms with van der Waals surface area (Å²) in [5.74, 6) is 0. The van der Waals surface area contributed by atoms with Crippen molar-refractivity contribution in [3.8, 4) is 0 Å². The van der Waals surface area contributed by atoms with E-state index in [0.29, 0.717) is 6.61 Å². The highest BCUT2D eigenvalue weighted by Crippen LogP contribution is 1.95. The molecule has 0 atom stereocenters. The molecule has 0 aliphatic carbocycles. The predicted octanol–water partition coefficient (Wildman–Crippen LogP) is 4.23. The molecular formula is C13H22O. The van der Waals surface area contributed by atoms with Crippen LogP contribution in [-0.4, -0.2) is 6.61 Å². The molecule has 0 heterocycles. The Bertz CT molecular complexity index is 195. The first-order valence-corrected chi connectivity index (χ1v) is 5.34. The van der Waals surface area contributed by atoms with Crippen molar-refractivity contribution in [2.75, 3.05) is 6.61 Å². The average molecular weight is 194 g/mol. The number of hydrogen-bond donors (Lipinski definition) is 0. The molecule has 14 heavy (non-hydrogen) atoms. The fourth-order valence-electron chi connectivity index (χ4n) is 0.868. The van der Waals surface area contributed by atoms with Gasteiger partial charge >= 0.3 is 0 Å². The highest BCUT2D eigenvalue weighted by Gasteiger charge is 1.77. The van der Waals surface area contributed by atoms with Gasteiger partial charge in [0.1, 0.15) is 6.61 Å². The minimum Gasteiger partial charge on any atom is -0.497 e. The highest BCUT2D eigenvalue weighted by atomic mass is 16.5. The van der Waals surface area contributed by atoms with Gasteiger partial charge in [-0.2, -0.15) is 0 Å². The highest BCUT2D eigenvalue weighted by molar-refractivity contribution is 5.00. The summed E-state index contributed by atoms with van der Waals surface area (Å²) in [6.07, 6.45) is 13.6. The largest absolute Gasteiger partial charge is 0.497 e. The van der Waals surface area contributed by atoms with Crippen LogP contribution in [-0.2, 0) is 4.74 Å². The van der Waals surface area contributed by atoms with Crippen molar-refractivity contribution in [3.63, 3.8) is 0 Å². The summed E-state index contributed by atoms with van der Waals surface area (Å²) in [6.45, 7) is 7.00. The van der Waals surface area contributed by atoms with E-state index >= 15 is 0 Å². The van der Waals surface area contributed by atoms with Crippen molar-refractivity contribution < 1.29 is 4.74 Å². The summed E-state index contributed by atoms with van der Waals surface area (Å²) in [5, 5.41) is 0. The molecule has 0 aliphatic heterocycles. The van der Waals surface area contributed by atoms with Gasteiger partial charge in [-0.1, -0.05) is 37.5 Å². The lowest BCUT2D eigenvalue weighted by molar-refractivity contribution is 0.289. The summed E-state index contributed by atoms with van der Waals surface area (Å²) in [5.41, 5.74) is 1.29. The Balaban J connectivity index is 3.35. The van der Waals surface area contributed by atoms with Gasteiger partial charge in [-0.05, 0) is 32.4 Å². The van der Waals surface area contributed by atoms with Crippen LogP contribution in [0.3, 0.4) is 0 Å². The zero-order valence-electron chi connectivity index (χ0n) is 9.62. The zero-order chi connectivity index (χ0) is 10.6. The minimum atomic E-state index is 0.668. The minimum absolute atomic E-state index is 0.668. The van der Waals surface area contributed by atoms with E-state index < -0.39 is 0 Å². The first kappa shape index (κ1) is 13.0. The molecule has 0 N–H and O–H groups in total. The molecule has 0 unspecified atom stereocenters. The SMILES string of the molecule is CCCC/C=C/C=C\OCC=C(C)C. The number of unbranched alkanes of at least 4 members (excludes halogenated alkanes) is 2. The standard InChI is InChI=1S/C13H22O/c1-4-5-6-7-8-9-11-14-12-10-13(2)3/h7-11H,4-6,12H2,1-3H3/b8-7+,11-9-. The zero-order valence-corrected chi connectivity index (χ0v) is 9.62. The Morgan fingerprint density at radius 2 is 2.00 bits per heavy atom. The quantitative estimate of drug-likeness (QED) is 0.255. The third-order valence-corrected chi connectivity index (χ3v) is 1.73. The van der Waals surface area contributed by atoms with Crippen LogP contribution in [0.25, 0.3) is 0 Å². The van der Waals surface area contributed by atoms with Gasteiger partial charge in [-0.15, -0.1) is 0 Å². The third kappa shape index (κ3) is 11.0. The lowest BCUT2D eigenvalue weighted by Gasteiger charge is -1.93. The van der Waals surface area contributed by atoms with Crippen LogP contribution in [0.2, 0.25) is 0 Å². The molecule has 0 aromatic carbocycles. The second kappa shape index (κ2) is 10.1. The van der Waals surface area contributed by atoms with E-state index in [1.807, 2.05) is 12.2 Å². The fourth-order valence-corrected chi connectivity index (χ4v) is 0.868. The Morgan fingerprint density at radius 1 is 1.21 bits per heavy atom. The number of hydrogen-bond acceptors (Lipinski definition) is 1. The van der Waals surface area contributed by atoms with Gasteiger partial charge in [0.2, 0.25) is 0 Å².